The summed E-state index contributed by atoms with van der Waals surface area (Å²) in [4.78, 5) is 12.7. The number of carbonyl (C=O) groups is 1. The Morgan fingerprint density at radius 3 is 2.36 bits per heavy atom. The highest BCUT2D eigenvalue weighted by Crippen LogP contribution is 2.27. The Morgan fingerprint density at radius 1 is 1.04 bits per heavy atom. The maximum atomic E-state index is 12.8. The number of hydrogen-bond acceptors (Lipinski definition) is 3. The Balaban J connectivity index is 1.44. The van der Waals surface area contributed by atoms with Gasteiger partial charge in [0.25, 0.3) is 0 Å². The van der Waals surface area contributed by atoms with Gasteiger partial charge < -0.3 is 5.32 Å². The molecule has 5 nitrogen and oxygen atoms in total. The Labute approximate surface area is 173 Å². The van der Waals surface area contributed by atoms with E-state index in [9.17, 15) is 13.2 Å². The molecule has 1 aliphatic carbocycles. The lowest BCUT2D eigenvalue weighted by Gasteiger charge is -2.20. The largest absolute Gasteiger partial charge is 0.356 e. The summed E-state index contributed by atoms with van der Waals surface area (Å²) in [5, 5.41) is 3.62. The van der Waals surface area contributed by atoms with E-state index in [1.54, 1.807) is 28.6 Å². The molecule has 0 radical (unpaired) electrons. The number of rotatable bonds is 6. The fourth-order valence-corrected chi connectivity index (χ4v) is 5.93. The third-order valence-corrected chi connectivity index (χ3v) is 8.16. The standard InChI is InChI=1S/C21H31ClN2O3S/c22-19-8-10-20(11-9-19)28(26,27)24-15-13-17(16-24)12-14-23-21(25)18-6-4-2-1-3-5-7-18/h8-11,17-18H,1-7,12-16H2,(H,23,25). The smallest absolute Gasteiger partial charge is 0.243 e. The van der Waals surface area contributed by atoms with Crippen LogP contribution in [0.5, 0.6) is 0 Å². The molecule has 0 spiro atoms. The zero-order valence-electron chi connectivity index (χ0n) is 16.4. The second-order valence-electron chi connectivity index (χ2n) is 8.09. The maximum absolute atomic E-state index is 12.8. The van der Waals surface area contributed by atoms with Crippen molar-refractivity contribution in [3.05, 3.63) is 29.3 Å². The van der Waals surface area contributed by atoms with Crippen LogP contribution in [0, 0.1) is 11.8 Å². The number of carbonyl (C=O) groups excluding carboxylic acids is 1. The molecule has 1 heterocycles. The first-order valence-electron chi connectivity index (χ1n) is 10.5. The molecule has 1 atom stereocenters. The number of halogens is 1. The number of hydrogen-bond donors (Lipinski definition) is 1. The van der Waals surface area contributed by atoms with Crippen LogP contribution < -0.4 is 5.32 Å². The average Bonchev–Trinajstić information content (AvgIpc) is 3.11. The number of sulfonamides is 1. The van der Waals surface area contributed by atoms with Gasteiger partial charge in [0.05, 0.1) is 4.90 Å². The second kappa shape index (κ2) is 10.1. The fourth-order valence-electron chi connectivity index (χ4n) is 4.27. The van der Waals surface area contributed by atoms with Crippen molar-refractivity contribution in [3.8, 4) is 0 Å². The number of nitrogens with zero attached hydrogens (tertiary/aromatic N) is 1. The molecule has 2 aliphatic rings. The zero-order valence-corrected chi connectivity index (χ0v) is 18.0. The average molecular weight is 427 g/mol. The Bertz CT molecular complexity index is 743. The lowest BCUT2D eigenvalue weighted by molar-refractivity contribution is -0.125. The molecule has 2 fully saturated rings. The first kappa shape index (κ1) is 21.6. The predicted octanol–water partition coefficient (Wildman–Crippen LogP) is 4.22. The molecule has 1 saturated heterocycles. The summed E-state index contributed by atoms with van der Waals surface area (Å²) < 4.78 is 27.1. The van der Waals surface area contributed by atoms with E-state index in [0.717, 1.165) is 38.5 Å². The van der Waals surface area contributed by atoms with Crippen LogP contribution in [0.25, 0.3) is 0 Å². The van der Waals surface area contributed by atoms with E-state index in [0.29, 0.717) is 30.6 Å². The van der Waals surface area contributed by atoms with Crippen LogP contribution in [-0.2, 0) is 14.8 Å². The summed E-state index contributed by atoms with van der Waals surface area (Å²) in [5.74, 6) is 0.635. The molecule has 1 saturated carbocycles. The van der Waals surface area contributed by atoms with Gasteiger partial charge in [-0.1, -0.05) is 43.7 Å². The molecule has 1 aromatic rings. The lowest BCUT2D eigenvalue weighted by Crippen LogP contribution is -2.33. The molecule has 1 aromatic carbocycles. The Morgan fingerprint density at radius 2 is 1.68 bits per heavy atom. The van der Waals surface area contributed by atoms with Crippen LogP contribution in [0.15, 0.2) is 29.2 Å². The van der Waals surface area contributed by atoms with Gasteiger partial charge in [0, 0.05) is 30.6 Å². The van der Waals surface area contributed by atoms with Gasteiger partial charge in [0.2, 0.25) is 15.9 Å². The summed E-state index contributed by atoms with van der Waals surface area (Å²) in [7, 11) is -3.47. The van der Waals surface area contributed by atoms with Gasteiger partial charge >= 0.3 is 0 Å². The fraction of sp³-hybridized carbons (Fsp3) is 0.667. The van der Waals surface area contributed by atoms with Gasteiger partial charge in [-0.15, -0.1) is 0 Å². The molecule has 3 rings (SSSR count). The van der Waals surface area contributed by atoms with E-state index in [1.807, 2.05) is 0 Å². The highest BCUT2D eigenvalue weighted by atomic mass is 35.5. The van der Waals surface area contributed by atoms with Crippen molar-refractivity contribution in [3.63, 3.8) is 0 Å². The number of amides is 1. The van der Waals surface area contributed by atoms with Gasteiger partial charge in [-0.25, -0.2) is 8.42 Å². The van der Waals surface area contributed by atoms with Crippen molar-refractivity contribution in [1.82, 2.24) is 9.62 Å². The van der Waals surface area contributed by atoms with Crippen LogP contribution in [0.3, 0.4) is 0 Å². The molecule has 28 heavy (non-hydrogen) atoms. The normalized spacial score (nSPS) is 22.5. The summed E-state index contributed by atoms with van der Waals surface area (Å²) in [6.45, 7) is 1.69. The quantitative estimate of drug-likeness (QED) is 0.740. The maximum Gasteiger partial charge on any atom is 0.243 e. The summed E-state index contributed by atoms with van der Waals surface area (Å²) in [6, 6.07) is 6.32. The van der Waals surface area contributed by atoms with E-state index < -0.39 is 10.0 Å². The molecule has 156 valence electrons. The predicted molar refractivity (Wildman–Crippen MR) is 112 cm³/mol. The van der Waals surface area contributed by atoms with Gasteiger partial charge in [0.1, 0.15) is 0 Å². The Hall–Kier alpha value is -1.11. The SMILES string of the molecule is O=C(NCCC1CCN(S(=O)(=O)c2ccc(Cl)cc2)C1)C1CCCCCCC1. The minimum absolute atomic E-state index is 0.158. The van der Waals surface area contributed by atoms with Crippen LogP contribution in [-0.4, -0.2) is 38.3 Å². The van der Waals surface area contributed by atoms with Crippen LogP contribution in [0.2, 0.25) is 5.02 Å². The molecule has 7 heteroatoms. The van der Waals surface area contributed by atoms with Crippen molar-refractivity contribution in [2.45, 2.75) is 62.7 Å². The van der Waals surface area contributed by atoms with Crippen molar-refractivity contribution in [1.29, 1.82) is 0 Å². The van der Waals surface area contributed by atoms with Gasteiger partial charge in [-0.2, -0.15) is 4.31 Å². The number of benzene rings is 1. The summed E-state index contributed by atoms with van der Waals surface area (Å²) in [5.41, 5.74) is 0. The van der Waals surface area contributed by atoms with Crippen LogP contribution in [0.4, 0.5) is 0 Å². The van der Waals surface area contributed by atoms with Crippen LogP contribution >= 0.6 is 11.6 Å². The van der Waals surface area contributed by atoms with E-state index in [-0.39, 0.29) is 16.7 Å². The minimum atomic E-state index is -3.47. The highest BCUT2D eigenvalue weighted by molar-refractivity contribution is 7.89. The van der Waals surface area contributed by atoms with Crippen molar-refractivity contribution >= 4 is 27.5 Å². The minimum Gasteiger partial charge on any atom is -0.356 e. The third-order valence-electron chi connectivity index (χ3n) is 6.03. The lowest BCUT2D eigenvalue weighted by atomic mass is 9.90. The van der Waals surface area contributed by atoms with Crippen molar-refractivity contribution in [2.24, 2.45) is 11.8 Å². The number of nitrogens with one attached hydrogen (secondary N) is 1. The molecule has 1 amide bonds. The van der Waals surface area contributed by atoms with Gasteiger partial charge in [-0.05, 0) is 55.9 Å². The van der Waals surface area contributed by atoms with Gasteiger partial charge in [0.15, 0.2) is 0 Å². The molecule has 0 aromatic heterocycles. The zero-order chi connectivity index (χ0) is 20.0. The molecule has 1 unspecified atom stereocenters. The van der Waals surface area contributed by atoms with E-state index in [4.69, 9.17) is 11.6 Å². The van der Waals surface area contributed by atoms with Crippen LogP contribution in [0.1, 0.15) is 57.8 Å². The van der Waals surface area contributed by atoms with E-state index in [2.05, 4.69) is 5.32 Å². The highest BCUT2D eigenvalue weighted by Gasteiger charge is 2.32. The molecular formula is C21H31ClN2O3S. The molecular weight excluding hydrogens is 396 g/mol. The Kier molecular flexibility index (Phi) is 7.77. The molecule has 1 N–H and O–H groups in total. The van der Waals surface area contributed by atoms with Crippen molar-refractivity contribution < 1.29 is 13.2 Å². The first-order valence-corrected chi connectivity index (χ1v) is 12.3. The third kappa shape index (κ3) is 5.71. The first-order chi connectivity index (χ1) is 13.5. The monoisotopic (exact) mass is 426 g/mol. The summed E-state index contributed by atoms with van der Waals surface area (Å²) in [6.07, 6.45) is 9.75. The molecule has 0 bridgehead atoms. The van der Waals surface area contributed by atoms with Gasteiger partial charge in [-0.3, -0.25) is 4.79 Å². The topological polar surface area (TPSA) is 66.5 Å². The van der Waals surface area contributed by atoms with E-state index >= 15 is 0 Å². The van der Waals surface area contributed by atoms with E-state index in [1.165, 1.54) is 19.3 Å². The second-order valence-corrected chi connectivity index (χ2v) is 10.5. The summed E-state index contributed by atoms with van der Waals surface area (Å²) >= 11 is 5.86. The van der Waals surface area contributed by atoms with Crippen molar-refractivity contribution in [2.75, 3.05) is 19.6 Å². The molecule has 1 aliphatic heterocycles.